The van der Waals surface area contributed by atoms with Gasteiger partial charge in [-0.15, -0.1) is 0 Å². The van der Waals surface area contributed by atoms with Crippen molar-refractivity contribution in [2.45, 2.75) is 97.4 Å². The van der Waals surface area contributed by atoms with Gasteiger partial charge in [-0.3, -0.25) is 43.9 Å². The van der Waals surface area contributed by atoms with E-state index in [0.717, 1.165) is 11.1 Å². The summed E-state index contributed by atoms with van der Waals surface area (Å²) < 4.78 is 10.7. The highest BCUT2D eigenvalue weighted by Gasteiger charge is 2.30. The second-order valence-electron chi connectivity index (χ2n) is 18.4. The number of hydrogen-bond acceptors (Lipinski definition) is 13. The minimum atomic E-state index is -0.877. The number of Topliss-reactive ketones (excluding diaryl/α,β-unsaturated/α-hetero) is 1. The fraction of sp³-hybridized carbons (Fsp3) is 0.364. The summed E-state index contributed by atoms with van der Waals surface area (Å²) >= 11 is 0. The van der Waals surface area contributed by atoms with E-state index in [1.165, 1.54) is 12.2 Å². The van der Waals surface area contributed by atoms with E-state index in [4.69, 9.17) is 15.2 Å². The van der Waals surface area contributed by atoms with Gasteiger partial charge >= 0.3 is 18.2 Å². The number of carbonyl (C=O) groups is 10. The molecule has 0 radical (unpaired) electrons. The molecular formula is C55H65N9O12. The highest BCUT2D eigenvalue weighted by atomic mass is 16.6. The van der Waals surface area contributed by atoms with Crippen LogP contribution >= 0.6 is 0 Å². The van der Waals surface area contributed by atoms with Crippen LogP contribution in [0.4, 0.5) is 31.4 Å². The predicted molar refractivity (Wildman–Crippen MR) is 281 cm³/mol. The highest BCUT2D eigenvalue weighted by molar-refractivity contribution is 6.18. The first-order valence-corrected chi connectivity index (χ1v) is 25.0. The van der Waals surface area contributed by atoms with Gasteiger partial charge in [-0.1, -0.05) is 62.7 Å². The lowest BCUT2D eigenvalue weighted by Crippen LogP contribution is -2.45. The van der Waals surface area contributed by atoms with Crippen molar-refractivity contribution >= 4 is 76.3 Å². The molecule has 1 aliphatic rings. The molecule has 0 spiro atoms. The molecule has 402 valence electrons. The molecule has 9 N–H and O–H groups in total. The molecule has 1 aromatic heterocycles. The van der Waals surface area contributed by atoms with Gasteiger partial charge < -0.3 is 47.1 Å². The Kier molecular flexibility index (Phi) is 23.3. The Hall–Kier alpha value is -8.75. The molecular weight excluding hydrogens is 979 g/mol. The molecule has 0 fully saturated rings. The van der Waals surface area contributed by atoms with Crippen LogP contribution < -0.4 is 43.0 Å². The molecule has 76 heavy (non-hydrogen) atoms. The number of para-hydroxylation sites is 2. The first-order valence-electron chi connectivity index (χ1n) is 25.0. The minimum Gasteiger partial charge on any atom is -0.445 e. The smallest absolute Gasteiger partial charge is 0.412 e. The van der Waals surface area contributed by atoms with Gasteiger partial charge in [-0.05, 0) is 104 Å². The van der Waals surface area contributed by atoms with Crippen LogP contribution in [-0.2, 0) is 58.0 Å². The molecule has 0 unspecified atom stereocenters. The summed E-state index contributed by atoms with van der Waals surface area (Å²) in [7, 11) is 0. The number of amides is 8. The van der Waals surface area contributed by atoms with Gasteiger partial charge in [0.05, 0.1) is 23.3 Å². The first-order chi connectivity index (χ1) is 36.5. The maximum atomic E-state index is 13.7. The van der Waals surface area contributed by atoms with E-state index in [1.54, 1.807) is 111 Å². The van der Waals surface area contributed by atoms with Gasteiger partial charge in [0.25, 0.3) is 5.91 Å². The topological polar surface area (TPSA) is 312 Å². The van der Waals surface area contributed by atoms with E-state index in [-0.39, 0.29) is 106 Å². The Morgan fingerprint density at radius 1 is 0.645 bits per heavy atom. The second-order valence-corrected chi connectivity index (χ2v) is 18.4. The fourth-order valence-corrected chi connectivity index (χ4v) is 7.88. The van der Waals surface area contributed by atoms with Crippen molar-refractivity contribution in [3.05, 3.63) is 132 Å². The summed E-state index contributed by atoms with van der Waals surface area (Å²) in [4.78, 5) is 130. The van der Waals surface area contributed by atoms with Crippen LogP contribution in [0.5, 0.6) is 0 Å². The predicted octanol–water partition coefficient (Wildman–Crippen LogP) is 6.39. The number of hydrogen-bond donors (Lipinski definition) is 8. The molecule has 4 aromatic rings. The van der Waals surface area contributed by atoms with Crippen molar-refractivity contribution < 1.29 is 57.4 Å². The number of pyridine rings is 1. The van der Waals surface area contributed by atoms with Crippen molar-refractivity contribution in [2.75, 3.05) is 29.0 Å². The molecule has 3 aromatic carbocycles. The molecule has 5 rings (SSSR count). The number of anilines is 3. The summed E-state index contributed by atoms with van der Waals surface area (Å²) in [6, 6.07) is 21.6. The lowest BCUT2D eigenvalue weighted by atomic mass is 9.89. The van der Waals surface area contributed by atoms with Gasteiger partial charge in [0.1, 0.15) is 13.2 Å². The van der Waals surface area contributed by atoms with E-state index < -0.39 is 47.9 Å². The number of carbonyl (C=O) groups excluding carboxylic acids is 10. The second kappa shape index (κ2) is 30.4. The van der Waals surface area contributed by atoms with E-state index in [1.807, 2.05) is 0 Å². The van der Waals surface area contributed by atoms with Gasteiger partial charge in [0.2, 0.25) is 17.7 Å². The lowest BCUT2D eigenvalue weighted by molar-refractivity contribution is -0.131. The first kappa shape index (κ1) is 58.1. The van der Waals surface area contributed by atoms with Gasteiger partial charge in [-0.2, -0.15) is 0 Å². The third kappa shape index (κ3) is 20.3. The number of primary amides is 1. The van der Waals surface area contributed by atoms with Crippen LogP contribution in [0.15, 0.2) is 109 Å². The van der Waals surface area contributed by atoms with Gasteiger partial charge in [0, 0.05) is 74.0 Å². The molecule has 21 nitrogen and oxygen atoms in total. The third-order valence-corrected chi connectivity index (χ3v) is 12.1. The zero-order chi connectivity index (χ0) is 54.8. The van der Waals surface area contributed by atoms with Crippen molar-refractivity contribution in [2.24, 2.45) is 23.5 Å². The number of nitrogens with two attached hydrogens (primary N) is 1. The monoisotopic (exact) mass is 1040 g/mol. The Bertz CT molecular complexity index is 2680. The molecule has 21 heteroatoms. The summed E-state index contributed by atoms with van der Waals surface area (Å²) in [6.07, 6.45) is 6.81. The number of urea groups is 1. The van der Waals surface area contributed by atoms with Crippen LogP contribution in [-0.4, -0.2) is 83.3 Å². The summed E-state index contributed by atoms with van der Waals surface area (Å²) in [5.74, 6) is -4.18. The molecule has 8 amide bonds. The fourth-order valence-electron chi connectivity index (χ4n) is 7.88. The zero-order valence-electron chi connectivity index (χ0n) is 42.5. The minimum absolute atomic E-state index is 0.0751. The number of allylic oxidation sites excluding steroid dienone is 2. The number of rotatable bonds is 29. The molecule has 1 heterocycles. The number of ketones is 3. The molecule has 0 saturated heterocycles. The summed E-state index contributed by atoms with van der Waals surface area (Å²) in [5, 5.41) is 19.0. The zero-order valence-corrected chi connectivity index (χ0v) is 42.5. The largest absolute Gasteiger partial charge is 0.445 e. The van der Waals surface area contributed by atoms with Crippen LogP contribution in [0.2, 0.25) is 0 Å². The number of aromatic nitrogens is 1. The average Bonchev–Trinajstić information content (AvgIpc) is 3.72. The van der Waals surface area contributed by atoms with Crippen LogP contribution in [0.25, 0.3) is 0 Å². The van der Waals surface area contributed by atoms with Gasteiger partial charge in [0.15, 0.2) is 17.3 Å². The molecule has 0 bridgehead atoms. The number of nitrogens with one attached hydrogen (secondary N) is 7. The lowest BCUT2D eigenvalue weighted by Gasteiger charge is -2.24. The van der Waals surface area contributed by atoms with Crippen molar-refractivity contribution in [1.29, 1.82) is 0 Å². The summed E-state index contributed by atoms with van der Waals surface area (Å²) in [6.45, 7) is 4.06. The van der Waals surface area contributed by atoms with Crippen LogP contribution in [0, 0.1) is 17.8 Å². The quantitative estimate of drug-likeness (QED) is 0.0216. The maximum Gasteiger partial charge on any atom is 0.412 e. The van der Waals surface area contributed by atoms with Crippen LogP contribution in [0.1, 0.15) is 98.7 Å². The number of ether oxygens (including phenoxy) is 2. The van der Waals surface area contributed by atoms with Crippen LogP contribution in [0.3, 0.4) is 0 Å². The normalized spacial score (nSPS) is 12.7. The molecule has 0 aliphatic heterocycles. The van der Waals surface area contributed by atoms with E-state index >= 15 is 0 Å². The number of benzene rings is 3. The maximum absolute atomic E-state index is 13.7. The van der Waals surface area contributed by atoms with Crippen molar-refractivity contribution in [3.63, 3.8) is 0 Å². The summed E-state index contributed by atoms with van der Waals surface area (Å²) in [5.41, 5.74) is 8.62. The molecule has 1 aliphatic carbocycles. The van der Waals surface area contributed by atoms with Crippen molar-refractivity contribution in [3.8, 4) is 0 Å². The Balaban J connectivity index is 1.04. The Morgan fingerprint density at radius 3 is 1.95 bits per heavy atom. The van der Waals surface area contributed by atoms with Gasteiger partial charge in [-0.25, -0.2) is 14.4 Å². The molecule has 2 atom stereocenters. The third-order valence-electron chi connectivity index (χ3n) is 12.1. The van der Waals surface area contributed by atoms with E-state index in [2.05, 4.69) is 42.2 Å². The molecule has 0 saturated carbocycles. The SMILES string of the molecule is CC(C)[C@H](NC(=O)CCCCCC(=O)NCCC1C(=O)C=CC1=O)C(=O)C[C@@H](CCCNC(N)=O)C(=O)Nc1ccc(COC(=O)Nc2ccccc2NC(=O)c2ccc(CNC(=O)OCc3cccnc3)cc2)cc1. The Labute approximate surface area is 440 Å². The van der Waals surface area contributed by atoms with Crippen molar-refractivity contribution in [1.82, 2.24) is 26.3 Å². The number of unbranched alkanes of at least 4 members (excludes halogenated alkanes) is 2. The standard InChI is InChI=1S/C55H65N9O12/c1-35(2)50(64-49(69)15-5-3-4-14-48(68)58-29-26-42-45(65)24-25-46(42)66)47(67)30-40(11-9-28-59-53(56)72)52(71)61-41-22-18-37(19-23-41)33-76-55(74)63-44-13-7-6-12-43(44)62-51(70)39-20-16-36(17-21-39)32-60-54(73)75-34-38-10-8-27-57-31-38/h6-8,10,12-13,16-25,27,31,35,40,42,50H,3-5,9,11,14-15,26,28-30,32-34H2,1-2H3,(H,58,68)(H,60,73)(H,61,71)(H,62,70)(H,63,74)(H,64,69)(H3,56,59,72)/t40-,50+/m1/s1. The van der Waals surface area contributed by atoms with E-state index in [0.29, 0.717) is 48.2 Å². The van der Waals surface area contributed by atoms with E-state index in [9.17, 15) is 47.9 Å². The average molecular weight is 1040 g/mol. The highest BCUT2D eigenvalue weighted by Crippen LogP contribution is 2.24. The number of nitrogens with zero attached hydrogens (tertiary/aromatic N) is 1. The number of alkyl carbamates (subject to hydrolysis) is 1. The Morgan fingerprint density at radius 2 is 1.29 bits per heavy atom.